The lowest BCUT2D eigenvalue weighted by molar-refractivity contribution is 0.104. The number of nitrogens with zero attached hydrogens (tertiary/aromatic N) is 1. The second-order valence-corrected chi connectivity index (χ2v) is 8.90. The van der Waals surface area contributed by atoms with E-state index >= 15 is 0 Å². The van der Waals surface area contributed by atoms with Crippen molar-refractivity contribution in [3.8, 4) is 11.3 Å². The summed E-state index contributed by atoms with van der Waals surface area (Å²) < 4.78 is 0. The summed E-state index contributed by atoms with van der Waals surface area (Å²) in [6.45, 7) is 0. The summed E-state index contributed by atoms with van der Waals surface area (Å²) in [6.07, 6.45) is 0.719. The van der Waals surface area contributed by atoms with Gasteiger partial charge in [-0.25, -0.2) is 4.98 Å². The fourth-order valence-corrected chi connectivity index (χ4v) is 4.78. The van der Waals surface area contributed by atoms with Gasteiger partial charge >= 0.3 is 0 Å². The molecular formula is C21H13Cl2NOS2. The monoisotopic (exact) mass is 429 g/mol. The van der Waals surface area contributed by atoms with Crippen LogP contribution < -0.4 is 0 Å². The number of hydrogen-bond acceptors (Lipinski definition) is 4. The molecule has 2 aromatic carbocycles. The van der Waals surface area contributed by atoms with Crippen molar-refractivity contribution in [2.75, 3.05) is 0 Å². The van der Waals surface area contributed by atoms with Crippen molar-refractivity contribution in [3.05, 3.63) is 96.4 Å². The predicted molar refractivity (Wildman–Crippen MR) is 115 cm³/mol. The summed E-state index contributed by atoms with van der Waals surface area (Å²) in [7, 11) is 0. The Kier molecular flexibility index (Phi) is 5.41. The van der Waals surface area contributed by atoms with Gasteiger partial charge in [0.25, 0.3) is 0 Å². The molecule has 0 N–H and O–H groups in total. The highest BCUT2D eigenvalue weighted by Gasteiger charge is 2.13. The van der Waals surface area contributed by atoms with Gasteiger partial charge < -0.3 is 0 Å². The zero-order valence-corrected chi connectivity index (χ0v) is 17.1. The SMILES string of the molecule is O=C(c1ccc(Cl)cc1)c1ccc(Cc2nc(-c3ccc(Cl)cc3)cs2)s1. The number of benzene rings is 2. The Labute approximate surface area is 175 Å². The molecule has 0 bridgehead atoms. The molecule has 4 rings (SSSR count). The van der Waals surface area contributed by atoms with Crippen LogP contribution in [0.25, 0.3) is 11.3 Å². The zero-order chi connectivity index (χ0) is 18.8. The van der Waals surface area contributed by atoms with Crippen molar-refractivity contribution < 1.29 is 4.79 Å². The average molecular weight is 430 g/mol. The van der Waals surface area contributed by atoms with E-state index in [1.807, 2.05) is 41.8 Å². The largest absolute Gasteiger partial charge is 0.288 e. The molecule has 0 fully saturated rings. The topological polar surface area (TPSA) is 30.0 Å². The van der Waals surface area contributed by atoms with E-state index in [1.165, 1.54) is 11.3 Å². The first kappa shape index (κ1) is 18.4. The van der Waals surface area contributed by atoms with Gasteiger partial charge in [-0.15, -0.1) is 22.7 Å². The summed E-state index contributed by atoms with van der Waals surface area (Å²) in [5.74, 6) is 0.0175. The van der Waals surface area contributed by atoms with Crippen LogP contribution in [0.3, 0.4) is 0 Å². The molecule has 2 nitrogen and oxygen atoms in total. The number of carbonyl (C=O) groups excluding carboxylic acids is 1. The Morgan fingerprint density at radius 2 is 1.56 bits per heavy atom. The molecule has 0 unspecified atom stereocenters. The van der Waals surface area contributed by atoms with Crippen LogP contribution in [0.2, 0.25) is 10.0 Å². The van der Waals surface area contributed by atoms with Crippen LogP contribution >= 0.6 is 45.9 Å². The number of thiazole rings is 1. The van der Waals surface area contributed by atoms with Crippen molar-refractivity contribution in [1.82, 2.24) is 4.98 Å². The molecule has 6 heteroatoms. The third kappa shape index (κ3) is 4.30. The lowest BCUT2D eigenvalue weighted by Crippen LogP contribution is -1.97. The molecule has 27 heavy (non-hydrogen) atoms. The van der Waals surface area contributed by atoms with Crippen LogP contribution in [0.4, 0.5) is 0 Å². The maximum Gasteiger partial charge on any atom is 0.202 e. The molecule has 134 valence electrons. The van der Waals surface area contributed by atoms with E-state index in [0.717, 1.165) is 32.4 Å². The van der Waals surface area contributed by atoms with Crippen molar-refractivity contribution >= 4 is 51.7 Å². The molecule has 0 atom stereocenters. The number of rotatable bonds is 5. The molecule has 0 saturated heterocycles. The minimum absolute atomic E-state index is 0.0175. The highest BCUT2D eigenvalue weighted by Crippen LogP contribution is 2.27. The normalized spacial score (nSPS) is 10.9. The van der Waals surface area contributed by atoms with Crippen LogP contribution in [0.15, 0.2) is 66.0 Å². The van der Waals surface area contributed by atoms with Crippen LogP contribution in [0, 0.1) is 0 Å². The van der Waals surface area contributed by atoms with Gasteiger partial charge in [0.15, 0.2) is 0 Å². The van der Waals surface area contributed by atoms with E-state index in [9.17, 15) is 4.79 Å². The van der Waals surface area contributed by atoms with E-state index < -0.39 is 0 Å². The van der Waals surface area contributed by atoms with Gasteiger partial charge in [-0.05, 0) is 48.5 Å². The lowest BCUT2D eigenvalue weighted by atomic mass is 10.1. The highest BCUT2D eigenvalue weighted by atomic mass is 35.5. The van der Waals surface area contributed by atoms with E-state index in [2.05, 4.69) is 0 Å². The standard InChI is InChI=1S/C21H13Cl2NOS2/c22-15-5-1-13(2-6-15)18-12-26-20(24-18)11-17-9-10-19(27-17)21(25)14-3-7-16(23)8-4-14/h1-10,12H,11H2. The van der Waals surface area contributed by atoms with Crippen molar-refractivity contribution in [2.45, 2.75) is 6.42 Å². The second kappa shape index (κ2) is 7.95. The van der Waals surface area contributed by atoms with Crippen molar-refractivity contribution in [3.63, 3.8) is 0 Å². The summed E-state index contributed by atoms with van der Waals surface area (Å²) in [4.78, 5) is 19.1. The van der Waals surface area contributed by atoms with Gasteiger partial charge in [-0.2, -0.15) is 0 Å². The van der Waals surface area contributed by atoms with Gasteiger partial charge in [0.1, 0.15) is 0 Å². The van der Waals surface area contributed by atoms with Gasteiger partial charge in [0, 0.05) is 37.9 Å². The summed E-state index contributed by atoms with van der Waals surface area (Å²) in [5, 5.41) is 4.41. The number of ketones is 1. The van der Waals surface area contributed by atoms with E-state index in [-0.39, 0.29) is 5.78 Å². The molecule has 4 aromatic rings. The Morgan fingerprint density at radius 1 is 0.889 bits per heavy atom. The van der Waals surface area contributed by atoms with Crippen molar-refractivity contribution in [2.24, 2.45) is 0 Å². The molecule has 0 aliphatic carbocycles. The number of carbonyl (C=O) groups is 1. The fraction of sp³-hybridized carbons (Fsp3) is 0.0476. The van der Waals surface area contributed by atoms with Crippen LogP contribution in [-0.2, 0) is 6.42 Å². The Hall–Kier alpha value is -1.98. The first-order valence-electron chi connectivity index (χ1n) is 8.18. The first-order valence-corrected chi connectivity index (χ1v) is 10.6. The second-order valence-electron chi connectivity index (χ2n) is 5.91. The summed E-state index contributed by atoms with van der Waals surface area (Å²) in [6, 6.07) is 18.5. The molecule has 2 heterocycles. The maximum absolute atomic E-state index is 12.6. The summed E-state index contributed by atoms with van der Waals surface area (Å²) in [5.41, 5.74) is 2.64. The highest BCUT2D eigenvalue weighted by molar-refractivity contribution is 7.14. The zero-order valence-electron chi connectivity index (χ0n) is 14.0. The molecule has 0 aliphatic rings. The third-order valence-electron chi connectivity index (χ3n) is 4.01. The predicted octanol–water partition coefficient (Wildman–Crippen LogP) is 7.00. The fourth-order valence-electron chi connectivity index (χ4n) is 2.63. The minimum atomic E-state index is 0.0175. The summed E-state index contributed by atoms with van der Waals surface area (Å²) >= 11 is 15.0. The maximum atomic E-state index is 12.6. The van der Waals surface area contributed by atoms with Gasteiger partial charge in [-0.3, -0.25) is 4.79 Å². The van der Waals surface area contributed by atoms with Crippen LogP contribution in [-0.4, -0.2) is 10.8 Å². The lowest BCUT2D eigenvalue weighted by Gasteiger charge is -1.98. The Morgan fingerprint density at radius 3 is 2.26 bits per heavy atom. The number of aromatic nitrogens is 1. The van der Waals surface area contributed by atoms with Crippen LogP contribution in [0.1, 0.15) is 25.1 Å². The smallest absolute Gasteiger partial charge is 0.202 e. The molecular weight excluding hydrogens is 417 g/mol. The van der Waals surface area contributed by atoms with E-state index in [4.69, 9.17) is 28.2 Å². The Bertz CT molecular complexity index is 1080. The first-order chi connectivity index (χ1) is 13.1. The molecule has 0 amide bonds. The molecule has 0 saturated carbocycles. The number of halogens is 2. The molecule has 2 aromatic heterocycles. The Balaban J connectivity index is 1.49. The molecule has 0 spiro atoms. The van der Waals surface area contributed by atoms with Crippen molar-refractivity contribution in [1.29, 1.82) is 0 Å². The van der Waals surface area contributed by atoms with Crippen LogP contribution in [0.5, 0.6) is 0 Å². The quantitative estimate of drug-likeness (QED) is 0.319. The van der Waals surface area contributed by atoms with Gasteiger partial charge in [-0.1, -0.05) is 35.3 Å². The number of thiophene rings is 1. The minimum Gasteiger partial charge on any atom is -0.288 e. The third-order valence-corrected chi connectivity index (χ3v) is 6.45. The van der Waals surface area contributed by atoms with E-state index in [1.54, 1.807) is 35.6 Å². The van der Waals surface area contributed by atoms with E-state index in [0.29, 0.717) is 15.6 Å². The molecule has 0 radical (unpaired) electrons. The van der Waals surface area contributed by atoms with Gasteiger partial charge in [0.2, 0.25) is 5.78 Å². The number of hydrogen-bond donors (Lipinski definition) is 0. The average Bonchev–Trinajstić information content (AvgIpc) is 3.33. The van der Waals surface area contributed by atoms with Gasteiger partial charge in [0.05, 0.1) is 15.6 Å². The molecule has 0 aliphatic heterocycles.